The number of carbonyl (C=O) groups excluding carboxylic acids is 3. The van der Waals surface area contributed by atoms with E-state index < -0.39 is 17.8 Å². The maximum Gasteiger partial charge on any atom is 0.240 e. The lowest BCUT2D eigenvalue weighted by Crippen LogP contribution is -2.45. The molecule has 2 amide bonds. The lowest BCUT2D eigenvalue weighted by Gasteiger charge is -2.35. The highest BCUT2D eigenvalue weighted by atomic mass is 16.2. The van der Waals surface area contributed by atoms with Gasteiger partial charge in [-0.2, -0.15) is 0 Å². The molecule has 0 spiro atoms. The van der Waals surface area contributed by atoms with Gasteiger partial charge in [-0.15, -0.1) is 0 Å². The molecule has 5 heteroatoms. The van der Waals surface area contributed by atoms with E-state index >= 15 is 0 Å². The molecule has 0 radical (unpaired) electrons. The largest absolute Gasteiger partial charge is 0.373 e. The van der Waals surface area contributed by atoms with E-state index in [1.807, 2.05) is 36.4 Å². The molecule has 4 atom stereocenters. The van der Waals surface area contributed by atoms with Gasteiger partial charge in [-0.25, -0.2) is 4.90 Å². The van der Waals surface area contributed by atoms with Crippen LogP contribution in [0, 0.1) is 17.8 Å². The molecule has 0 aromatic heterocycles. The van der Waals surface area contributed by atoms with Gasteiger partial charge in [0.15, 0.2) is 0 Å². The number of benzene rings is 1. The van der Waals surface area contributed by atoms with Crippen molar-refractivity contribution >= 4 is 23.3 Å². The number of imide groups is 1. The minimum atomic E-state index is -0.619. The van der Waals surface area contributed by atoms with E-state index in [-0.39, 0.29) is 23.6 Å². The molecule has 4 rings (SSSR count). The lowest BCUT2D eigenvalue weighted by molar-refractivity contribution is -0.130. The highest BCUT2D eigenvalue weighted by Crippen LogP contribution is 2.46. The van der Waals surface area contributed by atoms with E-state index in [1.165, 1.54) is 11.8 Å². The molecule has 4 unspecified atom stereocenters. The Hall–Kier alpha value is -2.69. The van der Waals surface area contributed by atoms with E-state index in [9.17, 15) is 14.4 Å². The van der Waals surface area contributed by atoms with Gasteiger partial charge in [0.1, 0.15) is 5.78 Å². The Morgan fingerprint density at radius 3 is 2.38 bits per heavy atom. The zero-order chi connectivity index (χ0) is 17.0. The average molecular weight is 322 g/mol. The van der Waals surface area contributed by atoms with Gasteiger partial charge < -0.3 is 4.90 Å². The smallest absolute Gasteiger partial charge is 0.240 e. The topological polar surface area (TPSA) is 57.7 Å². The van der Waals surface area contributed by atoms with E-state index in [0.29, 0.717) is 5.69 Å². The van der Waals surface area contributed by atoms with Crippen molar-refractivity contribution in [3.63, 3.8) is 0 Å². The van der Waals surface area contributed by atoms with Gasteiger partial charge in [0.05, 0.1) is 23.6 Å². The predicted molar refractivity (Wildman–Crippen MR) is 88.9 cm³/mol. The Bertz CT molecular complexity index is 796. The third-order valence-electron chi connectivity index (χ3n) is 5.26. The van der Waals surface area contributed by atoms with E-state index in [1.54, 1.807) is 24.3 Å². The van der Waals surface area contributed by atoms with Crippen molar-refractivity contribution < 1.29 is 14.4 Å². The van der Waals surface area contributed by atoms with Gasteiger partial charge in [0.25, 0.3) is 0 Å². The molecule has 3 aliphatic rings. The molecule has 0 bridgehead atoms. The summed E-state index contributed by atoms with van der Waals surface area (Å²) in [7, 11) is 1.90. The lowest BCUT2D eigenvalue weighted by atomic mass is 9.70. The second-order valence-electron chi connectivity index (χ2n) is 6.63. The molecule has 5 nitrogen and oxygen atoms in total. The maximum absolute atomic E-state index is 13.1. The molecule has 1 aromatic carbocycles. The van der Waals surface area contributed by atoms with Crippen LogP contribution in [0.5, 0.6) is 0 Å². The summed E-state index contributed by atoms with van der Waals surface area (Å²) < 4.78 is 0. The highest BCUT2D eigenvalue weighted by Gasteiger charge is 2.58. The molecule has 0 N–H and O–H groups in total. The third-order valence-corrected chi connectivity index (χ3v) is 5.26. The molecule has 122 valence electrons. The first-order valence-corrected chi connectivity index (χ1v) is 8.06. The van der Waals surface area contributed by atoms with Crippen LogP contribution in [0.15, 0.2) is 54.3 Å². The van der Waals surface area contributed by atoms with E-state index in [0.717, 1.165) is 5.57 Å². The number of likely N-dealkylation sites (N-methyl/N-ethyl adjacent to an activating group) is 1. The van der Waals surface area contributed by atoms with Crippen LogP contribution in [0.4, 0.5) is 5.69 Å². The number of hydrogen-bond acceptors (Lipinski definition) is 4. The second kappa shape index (κ2) is 5.16. The van der Waals surface area contributed by atoms with E-state index in [4.69, 9.17) is 0 Å². The molecule has 1 fully saturated rings. The number of hydrogen-bond donors (Lipinski definition) is 0. The molecule has 2 aliphatic heterocycles. The van der Waals surface area contributed by atoms with Crippen molar-refractivity contribution in [2.24, 2.45) is 17.8 Å². The Labute approximate surface area is 140 Å². The first-order chi connectivity index (χ1) is 11.5. The van der Waals surface area contributed by atoms with Crippen molar-refractivity contribution in [1.82, 2.24) is 4.90 Å². The van der Waals surface area contributed by atoms with Crippen molar-refractivity contribution in [2.75, 3.05) is 11.9 Å². The van der Waals surface area contributed by atoms with E-state index in [2.05, 4.69) is 0 Å². The number of ketones is 1. The molecule has 0 saturated carbocycles. The van der Waals surface area contributed by atoms with Crippen LogP contribution in [0.2, 0.25) is 0 Å². The van der Waals surface area contributed by atoms with Crippen LogP contribution in [-0.2, 0) is 14.4 Å². The number of rotatable bonds is 2. The van der Waals surface area contributed by atoms with Gasteiger partial charge >= 0.3 is 0 Å². The summed E-state index contributed by atoms with van der Waals surface area (Å²) in [5.41, 5.74) is 1.52. The van der Waals surface area contributed by atoms with Crippen molar-refractivity contribution in [2.45, 2.75) is 13.0 Å². The third kappa shape index (κ3) is 1.90. The Morgan fingerprint density at radius 1 is 1.04 bits per heavy atom. The van der Waals surface area contributed by atoms with Crippen LogP contribution >= 0.6 is 0 Å². The Balaban J connectivity index is 1.83. The van der Waals surface area contributed by atoms with Crippen LogP contribution in [0.1, 0.15) is 6.92 Å². The molecule has 1 aliphatic carbocycles. The van der Waals surface area contributed by atoms with Crippen molar-refractivity contribution in [3.8, 4) is 0 Å². The minimum absolute atomic E-state index is 0.0741. The Morgan fingerprint density at radius 2 is 1.71 bits per heavy atom. The molecular weight excluding hydrogens is 304 g/mol. The first-order valence-electron chi connectivity index (χ1n) is 8.06. The summed E-state index contributed by atoms with van der Waals surface area (Å²) >= 11 is 0. The number of Topliss-reactive ketones (excluding diaryl/α,β-unsaturated/α-hetero) is 1. The highest BCUT2D eigenvalue weighted by molar-refractivity contribution is 6.23. The van der Waals surface area contributed by atoms with Crippen molar-refractivity contribution in [1.29, 1.82) is 0 Å². The average Bonchev–Trinajstić information content (AvgIpc) is 3.06. The molecule has 24 heavy (non-hydrogen) atoms. The minimum Gasteiger partial charge on any atom is -0.373 e. The number of carbonyl (C=O) groups is 3. The Kier molecular flexibility index (Phi) is 3.20. The van der Waals surface area contributed by atoms with Gasteiger partial charge in [-0.05, 0) is 36.9 Å². The van der Waals surface area contributed by atoms with Crippen LogP contribution in [0.3, 0.4) is 0 Å². The number of anilines is 1. The fraction of sp³-hybridized carbons (Fsp3) is 0.316. The summed E-state index contributed by atoms with van der Waals surface area (Å²) in [5, 5.41) is 0. The zero-order valence-corrected chi connectivity index (χ0v) is 13.5. The fourth-order valence-corrected chi connectivity index (χ4v) is 4.18. The monoisotopic (exact) mass is 322 g/mol. The van der Waals surface area contributed by atoms with Gasteiger partial charge in [0, 0.05) is 13.0 Å². The van der Waals surface area contributed by atoms with Crippen LogP contribution < -0.4 is 4.90 Å². The molecule has 1 aromatic rings. The van der Waals surface area contributed by atoms with Gasteiger partial charge in [0.2, 0.25) is 11.8 Å². The normalized spacial score (nSPS) is 31.2. The number of amides is 2. The summed E-state index contributed by atoms with van der Waals surface area (Å²) in [6.07, 6.45) is 5.70. The summed E-state index contributed by atoms with van der Waals surface area (Å²) in [6, 6.07) is 8.77. The first kappa shape index (κ1) is 14.9. The van der Waals surface area contributed by atoms with Gasteiger partial charge in [-0.1, -0.05) is 24.3 Å². The number of para-hydroxylation sites is 1. The molecule has 2 heterocycles. The number of nitrogens with zero attached hydrogens (tertiary/aromatic N) is 2. The van der Waals surface area contributed by atoms with Gasteiger partial charge in [-0.3, -0.25) is 14.4 Å². The summed E-state index contributed by atoms with van der Waals surface area (Å²) in [5.74, 6) is -2.24. The number of fused-ring (bicyclic) bond motifs is 3. The number of allylic oxidation sites excluding steroid dienone is 1. The maximum atomic E-state index is 13.1. The fourth-order valence-electron chi connectivity index (χ4n) is 4.18. The molecule has 1 saturated heterocycles. The zero-order valence-electron chi connectivity index (χ0n) is 13.5. The quantitative estimate of drug-likeness (QED) is 0.779. The second-order valence-corrected chi connectivity index (χ2v) is 6.63. The summed E-state index contributed by atoms with van der Waals surface area (Å²) in [4.78, 5) is 41.5. The standard InChI is InChI=1S/C19H18N2O3/c1-11(22)14-10-12-8-9-20(2)17(12)16-15(14)18(23)21(19(16)24)13-6-4-3-5-7-13/h3-10,14-17H,1-2H3. The molecular formula is C19H18N2O3. The summed E-state index contributed by atoms with van der Waals surface area (Å²) in [6.45, 7) is 1.49. The predicted octanol–water partition coefficient (Wildman–Crippen LogP) is 1.77. The SMILES string of the molecule is CC(=O)C1C=C2C=CN(C)C2C2C(=O)N(c3ccccc3)C(=O)C12. The van der Waals surface area contributed by atoms with Crippen LogP contribution in [-0.4, -0.2) is 35.6 Å². The van der Waals surface area contributed by atoms with Crippen molar-refractivity contribution in [3.05, 3.63) is 54.3 Å². The van der Waals surface area contributed by atoms with Crippen LogP contribution in [0.25, 0.3) is 0 Å².